The number of pyridine rings is 1. The van der Waals surface area contributed by atoms with Gasteiger partial charge >= 0.3 is 0 Å². The van der Waals surface area contributed by atoms with Gasteiger partial charge in [-0.1, -0.05) is 19.9 Å². The Kier molecular flexibility index (Phi) is 2.61. The maximum Gasteiger partial charge on any atom is 0.103 e. The summed E-state index contributed by atoms with van der Waals surface area (Å²) in [7, 11) is 0. The summed E-state index contributed by atoms with van der Waals surface area (Å²) in [4.78, 5) is 4.26. The van der Waals surface area contributed by atoms with Crippen molar-refractivity contribution in [1.29, 1.82) is 0 Å². The molecule has 1 aromatic heterocycles. The van der Waals surface area contributed by atoms with Crippen LogP contribution in [0.25, 0.3) is 0 Å². The standard InChI is InChI=1S/C18H26N2/c1-16-6-15-7-17(2,11-16)13-18(8-15,12-16)20-10-14-4-3-5-19-9-14/h3-5,9,15,20H,6-8,10-13H2,1-2H3/p+1/t15?,16-,17+,18?. The molecule has 0 saturated heterocycles. The highest BCUT2D eigenvalue weighted by molar-refractivity contribution is 5.11. The normalized spacial score (nSPS) is 45.8. The van der Waals surface area contributed by atoms with Gasteiger partial charge in [0.25, 0.3) is 0 Å². The molecule has 0 spiro atoms. The van der Waals surface area contributed by atoms with Crippen LogP contribution in [0.3, 0.4) is 0 Å². The van der Waals surface area contributed by atoms with Crippen LogP contribution in [0.1, 0.15) is 57.9 Å². The second-order valence-electron chi connectivity index (χ2n) is 8.76. The molecule has 2 heteroatoms. The Bertz CT molecular complexity index is 491. The summed E-state index contributed by atoms with van der Waals surface area (Å²) in [6, 6.07) is 4.28. The van der Waals surface area contributed by atoms with Gasteiger partial charge in [0, 0.05) is 37.2 Å². The smallest absolute Gasteiger partial charge is 0.103 e. The van der Waals surface area contributed by atoms with Gasteiger partial charge in [-0.05, 0) is 42.1 Å². The number of nitrogens with two attached hydrogens (primary N) is 1. The molecule has 5 rings (SSSR count). The summed E-state index contributed by atoms with van der Waals surface area (Å²) >= 11 is 0. The van der Waals surface area contributed by atoms with E-state index < -0.39 is 0 Å². The van der Waals surface area contributed by atoms with Gasteiger partial charge in [-0.25, -0.2) is 0 Å². The number of rotatable bonds is 3. The van der Waals surface area contributed by atoms with Crippen LogP contribution in [0.2, 0.25) is 0 Å². The molecule has 0 radical (unpaired) electrons. The first-order chi connectivity index (χ1) is 9.49. The van der Waals surface area contributed by atoms with Crippen molar-refractivity contribution in [2.75, 3.05) is 0 Å². The highest BCUT2D eigenvalue weighted by Gasteiger charge is 2.61. The van der Waals surface area contributed by atoms with Gasteiger partial charge in [-0.2, -0.15) is 0 Å². The Hall–Kier alpha value is -0.890. The lowest BCUT2D eigenvalue weighted by molar-refractivity contribution is -0.755. The zero-order chi connectivity index (χ0) is 13.8. The Labute approximate surface area is 122 Å². The van der Waals surface area contributed by atoms with E-state index in [1.54, 1.807) is 0 Å². The van der Waals surface area contributed by atoms with Crippen LogP contribution in [-0.4, -0.2) is 10.5 Å². The molecule has 1 aromatic rings. The third kappa shape index (κ3) is 2.09. The fraction of sp³-hybridized carbons (Fsp3) is 0.722. The molecule has 0 amide bonds. The van der Waals surface area contributed by atoms with E-state index in [0.717, 1.165) is 12.5 Å². The highest BCUT2D eigenvalue weighted by Crippen LogP contribution is 2.65. The number of aromatic nitrogens is 1. The minimum absolute atomic E-state index is 0.527. The quantitative estimate of drug-likeness (QED) is 0.900. The van der Waals surface area contributed by atoms with Crippen LogP contribution in [0, 0.1) is 16.7 Å². The average Bonchev–Trinajstić information content (AvgIpc) is 2.33. The first-order valence-electron chi connectivity index (χ1n) is 8.22. The summed E-state index contributed by atoms with van der Waals surface area (Å²) in [6.45, 7) is 6.22. The van der Waals surface area contributed by atoms with E-state index in [1.807, 2.05) is 12.4 Å². The van der Waals surface area contributed by atoms with Crippen molar-refractivity contribution in [3.05, 3.63) is 30.1 Å². The minimum atomic E-state index is 0.527. The van der Waals surface area contributed by atoms with Gasteiger partial charge in [-0.15, -0.1) is 0 Å². The van der Waals surface area contributed by atoms with Gasteiger partial charge in [0.05, 0.1) is 5.54 Å². The van der Waals surface area contributed by atoms with Crippen molar-refractivity contribution in [3.63, 3.8) is 0 Å². The maximum atomic E-state index is 4.26. The van der Waals surface area contributed by atoms with E-state index in [9.17, 15) is 0 Å². The first kappa shape index (κ1) is 12.8. The molecular formula is C18H27N2+. The molecule has 4 fully saturated rings. The molecule has 4 aliphatic rings. The molecule has 4 saturated carbocycles. The van der Waals surface area contributed by atoms with Crippen molar-refractivity contribution in [1.82, 2.24) is 4.98 Å². The predicted octanol–water partition coefficient (Wildman–Crippen LogP) is 2.89. The van der Waals surface area contributed by atoms with E-state index in [0.29, 0.717) is 16.4 Å². The first-order valence-corrected chi connectivity index (χ1v) is 8.22. The van der Waals surface area contributed by atoms with Crippen LogP contribution in [0.4, 0.5) is 0 Å². The third-order valence-electron chi connectivity index (χ3n) is 6.16. The Morgan fingerprint density at radius 1 is 1.15 bits per heavy atom. The molecule has 2 unspecified atom stereocenters. The summed E-state index contributed by atoms with van der Waals surface area (Å²) in [5, 5.41) is 2.67. The fourth-order valence-electron chi connectivity index (χ4n) is 6.62. The fourth-order valence-corrected chi connectivity index (χ4v) is 6.62. The summed E-state index contributed by atoms with van der Waals surface area (Å²) in [5.41, 5.74) is 3.15. The summed E-state index contributed by atoms with van der Waals surface area (Å²) in [6.07, 6.45) is 12.7. The lowest BCUT2D eigenvalue weighted by Gasteiger charge is -2.63. The second kappa shape index (κ2) is 4.07. The van der Waals surface area contributed by atoms with E-state index in [-0.39, 0.29) is 0 Å². The SMILES string of the molecule is C[C@]12CC3CC([NH2+]Cc4cccnc4)(C1)C[C@@](C)(C3)C2. The molecule has 1 heterocycles. The number of quaternary nitrogens is 1. The Balaban J connectivity index is 1.55. The van der Waals surface area contributed by atoms with Gasteiger partial charge in [0.2, 0.25) is 0 Å². The zero-order valence-electron chi connectivity index (χ0n) is 12.9. The van der Waals surface area contributed by atoms with E-state index in [1.165, 1.54) is 44.1 Å². The highest BCUT2D eigenvalue weighted by atomic mass is 15.0. The largest absolute Gasteiger partial charge is 0.338 e. The van der Waals surface area contributed by atoms with Crippen LogP contribution in [0.15, 0.2) is 24.5 Å². The van der Waals surface area contributed by atoms with Crippen molar-refractivity contribution in [2.45, 2.75) is 64.5 Å². The van der Waals surface area contributed by atoms with E-state index in [2.05, 4.69) is 36.3 Å². The van der Waals surface area contributed by atoms with E-state index in [4.69, 9.17) is 0 Å². The van der Waals surface area contributed by atoms with Crippen molar-refractivity contribution in [2.24, 2.45) is 16.7 Å². The lowest BCUT2D eigenvalue weighted by Crippen LogP contribution is -2.98. The van der Waals surface area contributed by atoms with Crippen molar-refractivity contribution in [3.8, 4) is 0 Å². The zero-order valence-corrected chi connectivity index (χ0v) is 12.9. The molecule has 2 N–H and O–H groups in total. The molecule has 0 aliphatic heterocycles. The Morgan fingerprint density at radius 2 is 1.90 bits per heavy atom. The number of nitrogens with zero attached hydrogens (tertiary/aromatic N) is 1. The molecule has 4 atom stereocenters. The summed E-state index contributed by atoms with van der Waals surface area (Å²) < 4.78 is 0. The van der Waals surface area contributed by atoms with Gasteiger partial charge in [0.1, 0.15) is 6.54 Å². The van der Waals surface area contributed by atoms with Crippen LogP contribution in [-0.2, 0) is 6.54 Å². The molecule has 4 aliphatic carbocycles. The Morgan fingerprint density at radius 3 is 2.50 bits per heavy atom. The van der Waals surface area contributed by atoms with E-state index >= 15 is 0 Å². The molecule has 0 aromatic carbocycles. The van der Waals surface area contributed by atoms with Gasteiger partial charge in [-0.3, -0.25) is 4.98 Å². The molecule has 108 valence electrons. The maximum absolute atomic E-state index is 4.26. The number of hydrogen-bond donors (Lipinski definition) is 1. The molecule has 2 nitrogen and oxygen atoms in total. The number of hydrogen-bond acceptors (Lipinski definition) is 1. The van der Waals surface area contributed by atoms with Crippen LogP contribution in [0.5, 0.6) is 0 Å². The van der Waals surface area contributed by atoms with Crippen molar-refractivity contribution < 1.29 is 5.32 Å². The molecular weight excluding hydrogens is 244 g/mol. The van der Waals surface area contributed by atoms with Crippen LogP contribution >= 0.6 is 0 Å². The third-order valence-corrected chi connectivity index (χ3v) is 6.16. The lowest BCUT2D eigenvalue weighted by atomic mass is 9.43. The van der Waals surface area contributed by atoms with Gasteiger partial charge < -0.3 is 5.32 Å². The monoisotopic (exact) mass is 271 g/mol. The second-order valence-corrected chi connectivity index (χ2v) is 8.76. The average molecular weight is 271 g/mol. The molecule has 4 bridgehead atoms. The van der Waals surface area contributed by atoms with Crippen LogP contribution < -0.4 is 5.32 Å². The minimum Gasteiger partial charge on any atom is -0.338 e. The topological polar surface area (TPSA) is 29.5 Å². The van der Waals surface area contributed by atoms with Gasteiger partial charge in [0.15, 0.2) is 0 Å². The summed E-state index contributed by atoms with van der Waals surface area (Å²) in [5.74, 6) is 0.992. The van der Waals surface area contributed by atoms with Crippen molar-refractivity contribution >= 4 is 0 Å². The predicted molar refractivity (Wildman–Crippen MR) is 80.0 cm³/mol. The molecule has 20 heavy (non-hydrogen) atoms.